The van der Waals surface area contributed by atoms with Gasteiger partial charge in [0.25, 0.3) is 11.8 Å². The number of methoxy groups -OCH3 is 4. The van der Waals surface area contributed by atoms with E-state index in [2.05, 4.69) is 20.9 Å². The number of ether oxygens (including phenoxy) is 6. The molecule has 1 aromatic heterocycles. The number of nitrogens with two attached hydrogens (primary N) is 1. The van der Waals surface area contributed by atoms with Gasteiger partial charge in [0.1, 0.15) is 43.2 Å². The number of quaternary nitrogens is 1. The van der Waals surface area contributed by atoms with Gasteiger partial charge in [-0.1, -0.05) is 30.3 Å². The third-order valence-corrected chi connectivity index (χ3v) is 17.0. The molecule has 5 aromatic carbocycles. The number of likely N-dealkylation sites (tertiary alicyclic amines) is 1. The molecule has 0 bridgehead atoms. The molecule has 9 rings (SSSR count). The van der Waals surface area contributed by atoms with E-state index in [1.54, 1.807) is 50.8 Å². The molecule has 25 heteroatoms. The average Bonchev–Trinajstić information content (AvgIpc) is 2.88. The number of imide groups is 1. The largest absolute Gasteiger partial charge is 0.493 e. The van der Waals surface area contributed by atoms with Crippen LogP contribution < -0.4 is 45.4 Å². The van der Waals surface area contributed by atoms with E-state index in [-0.39, 0.29) is 72.0 Å². The molecule has 0 aliphatic carbocycles. The van der Waals surface area contributed by atoms with Gasteiger partial charge in [0.2, 0.25) is 24.0 Å². The predicted molar refractivity (Wildman–Crippen MR) is 323 cm³/mol. The Hall–Kier alpha value is -8.69. The van der Waals surface area contributed by atoms with Crippen molar-refractivity contribution in [2.45, 2.75) is 93.6 Å². The van der Waals surface area contributed by atoms with Gasteiger partial charge in [-0.2, -0.15) is 11.8 Å². The first-order chi connectivity index (χ1) is 42.3. The Morgan fingerprint density at radius 3 is 2.12 bits per heavy atom. The van der Waals surface area contributed by atoms with Crippen LogP contribution in [0, 0.1) is 0 Å². The number of thioether (sulfide) groups is 1. The van der Waals surface area contributed by atoms with Crippen molar-refractivity contribution in [2.75, 3.05) is 70.3 Å². The number of aliphatic hydroxyl groups is 3. The molecule has 0 spiro atoms. The second kappa shape index (κ2) is 28.0. The van der Waals surface area contributed by atoms with Gasteiger partial charge in [-0.25, -0.2) is 4.79 Å². The van der Waals surface area contributed by atoms with Gasteiger partial charge < -0.3 is 75.0 Å². The van der Waals surface area contributed by atoms with Gasteiger partial charge in [0.05, 0.1) is 74.8 Å². The number of para-hydroxylation sites is 1. The SMILES string of the molecule is COc1cc2c(cc1OC)C[N+](CCc1ccc(NC(=O)c3cc(OC)c(OC)cc3NC(=O)c3cnc4ccccc4c3)cc1)(Cc1ccc(O[C@@H]3O[C@H](C(=O)O)[C@@H](O)[C@H](O)[C@H]3O)c(NC(=O)CCCC(=O)[C@H](CN)N3C(=O)CC(SC)C3=O)c1)CC2. The highest BCUT2D eigenvalue weighted by Crippen LogP contribution is 2.39. The number of carboxylic acid groups (broad SMARTS) is 1. The molecule has 2 fully saturated rings. The number of aromatic nitrogens is 1. The first kappa shape index (κ1) is 63.8. The maximum Gasteiger partial charge on any atom is 0.335 e. The van der Waals surface area contributed by atoms with E-state index in [0.717, 1.165) is 32.5 Å². The predicted octanol–water partition coefficient (Wildman–Crippen LogP) is 4.86. The molecule has 2 unspecified atom stereocenters. The van der Waals surface area contributed by atoms with Crippen LogP contribution in [0.15, 0.2) is 103 Å². The second-order valence-corrected chi connectivity index (χ2v) is 22.7. The summed E-state index contributed by atoms with van der Waals surface area (Å²) in [6.45, 7) is 1.82. The van der Waals surface area contributed by atoms with Crippen LogP contribution in [0.25, 0.3) is 10.9 Å². The van der Waals surface area contributed by atoms with Gasteiger partial charge in [0, 0.05) is 73.1 Å². The molecule has 8 atom stereocenters. The summed E-state index contributed by atoms with van der Waals surface area (Å²) in [6, 6.07) is 27.1. The number of aliphatic hydroxyl groups excluding tert-OH is 3. The van der Waals surface area contributed by atoms with E-state index in [1.807, 2.05) is 48.5 Å². The number of fused-ring (bicyclic) bond motifs is 2. The molecule has 9 N–H and O–H groups in total. The van der Waals surface area contributed by atoms with Crippen molar-refractivity contribution >= 4 is 81.0 Å². The van der Waals surface area contributed by atoms with Gasteiger partial charge in [0.15, 0.2) is 34.9 Å². The van der Waals surface area contributed by atoms with Crippen LogP contribution >= 0.6 is 11.8 Å². The number of rotatable bonds is 25. The summed E-state index contributed by atoms with van der Waals surface area (Å²) in [7, 11) is 6.02. The van der Waals surface area contributed by atoms with Crippen LogP contribution in [0.5, 0.6) is 28.7 Å². The zero-order valence-electron chi connectivity index (χ0n) is 49.1. The van der Waals surface area contributed by atoms with Crippen molar-refractivity contribution in [1.82, 2.24) is 9.88 Å². The molecule has 3 aliphatic rings. The number of ketones is 1. The van der Waals surface area contributed by atoms with Crippen molar-refractivity contribution in [3.8, 4) is 28.7 Å². The van der Waals surface area contributed by atoms with Gasteiger partial charge in [-0.05, 0) is 84.5 Å². The number of carbonyl (C=O) groups excluding carboxylic acids is 6. The maximum absolute atomic E-state index is 14.2. The Morgan fingerprint density at radius 2 is 1.44 bits per heavy atom. The Labute approximate surface area is 510 Å². The summed E-state index contributed by atoms with van der Waals surface area (Å²) in [6.07, 6.45) is -5.83. The van der Waals surface area contributed by atoms with Crippen molar-refractivity contribution in [3.05, 3.63) is 137 Å². The minimum Gasteiger partial charge on any atom is -0.493 e. The minimum atomic E-state index is -2.00. The number of amides is 5. The van der Waals surface area contributed by atoms with E-state index in [9.17, 15) is 54.0 Å². The maximum atomic E-state index is 14.2. The van der Waals surface area contributed by atoms with Crippen LogP contribution in [-0.2, 0) is 54.6 Å². The Morgan fingerprint density at radius 1 is 0.761 bits per heavy atom. The van der Waals surface area contributed by atoms with E-state index in [1.165, 1.54) is 50.4 Å². The minimum absolute atomic E-state index is 0.000893. The zero-order chi connectivity index (χ0) is 63.0. The van der Waals surface area contributed by atoms with E-state index >= 15 is 0 Å². The lowest BCUT2D eigenvalue weighted by atomic mass is 9.94. The summed E-state index contributed by atoms with van der Waals surface area (Å²) >= 11 is 1.21. The summed E-state index contributed by atoms with van der Waals surface area (Å²) in [5.74, 6) is -3.12. The Balaban J connectivity index is 0.958. The third kappa shape index (κ3) is 14.2. The number of anilines is 3. The fourth-order valence-corrected chi connectivity index (χ4v) is 11.9. The Kier molecular flexibility index (Phi) is 20.3. The number of aliphatic carboxylic acids is 1. The van der Waals surface area contributed by atoms with Crippen LogP contribution in [-0.4, -0.2) is 172 Å². The highest BCUT2D eigenvalue weighted by atomic mass is 32.2. The molecule has 0 saturated carbocycles. The van der Waals surface area contributed by atoms with Crippen molar-refractivity contribution in [2.24, 2.45) is 5.73 Å². The number of nitrogens with one attached hydrogen (secondary N) is 3. The van der Waals surface area contributed by atoms with Crippen LogP contribution in [0.2, 0.25) is 0 Å². The number of hydrogen-bond donors (Lipinski definition) is 8. The number of carboxylic acids is 1. The van der Waals surface area contributed by atoms with Crippen LogP contribution in [0.4, 0.5) is 17.1 Å². The lowest BCUT2D eigenvalue weighted by molar-refractivity contribution is -0.955. The molecule has 88 heavy (non-hydrogen) atoms. The van der Waals surface area contributed by atoms with E-state index in [0.29, 0.717) is 66.3 Å². The summed E-state index contributed by atoms with van der Waals surface area (Å²) in [4.78, 5) is 98.3. The number of benzene rings is 5. The van der Waals surface area contributed by atoms with Gasteiger partial charge in [-0.3, -0.25) is 38.7 Å². The molecular weight excluding hydrogens is 1160 g/mol. The molecule has 6 aromatic rings. The summed E-state index contributed by atoms with van der Waals surface area (Å²) in [5.41, 5.74) is 11.5. The zero-order valence-corrected chi connectivity index (χ0v) is 49.9. The fourth-order valence-electron chi connectivity index (χ4n) is 11.3. The lowest BCUT2D eigenvalue weighted by Gasteiger charge is -2.43. The number of Topliss-reactive ketones (excluding diaryl/α,β-unsaturated/α-hetero) is 1. The van der Waals surface area contributed by atoms with Gasteiger partial charge in [-0.15, -0.1) is 0 Å². The summed E-state index contributed by atoms with van der Waals surface area (Å²) in [5, 5.41) is 50.6. The first-order valence-corrected chi connectivity index (χ1v) is 29.6. The molecule has 3 aliphatic heterocycles. The third-order valence-electron chi connectivity index (χ3n) is 16.1. The summed E-state index contributed by atoms with van der Waals surface area (Å²) < 4.78 is 34.4. The van der Waals surface area contributed by atoms with Gasteiger partial charge >= 0.3 is 5.97 Å². The molecule has 2 saturated heterocycles. The monoisotopic (exact) mass is 1230 g/mol. The van der Waals surface area contributed by atoms with Crippen molar-refractivity contribution in [1.29, 1.82) is 0 Å². The number of hydrogen-bond acceptors (Lipinski definition) is 19. The molecule has 0 radical (unpaired) electrons. The first-order valence-electron chi connectivity index (χ1n) is 28.3. The van der Waals surface area contributed by atoms with Crippen molar-refractivity contribution in [3.63, 3.8) is 0 Å². The highest BCUT2D eigenvalue weighted by Gasteiger charge is 2.49. The Bertz CT molecular complexity index is 3630. The fraction of sp³-hybridized carbons (Fsp3) is 0.365. The van der Waals surface area contributed by atoms with E-state index in [4.69, 9.17) is 34.2 Å². The van der Waals surface area contributed by atoms with Crippen LogP contribution in [0.1, 0.15) is 68.7 Å². The number of carbonyl (C=O) groups is 7. The molecule has 464 valence electrons. The average molecular weight is 1230 g/mol. The molecular formula is C63H70N7O17S+. The van der Waals surface area contributed by atoms with Crippen molar-refractivity contribution < 1.29 is 86.9 Å². The number of nitrogens with zero attached hydrogens (tertiary/aromatic N) is 3. The lowest BCUT2D eigenvalue weighted by Crippen LogP contribution is -2.61. The van der Waals surface area contributed by atoms with E-state index < -0.39 is 83.3 Å². The molecule has 5 amide bonds. The van der Waals surface area contributed by atoms with Crippen LogP contribution in [0.3, 0.4) is 0 Å². The molecule has 4 heterocycles. The second-order valence-electron chi connectivity index (χ2n) is 21.7. The topological polar surface area (TPSA) is 334 Å². The highest BCUT2D eigenvalue weighted by molar-refractivity contribution is 8.00. The normalized spacial score (nSPS) is 21.0. The quantitative estimate of drug-likeness (QED) is 0.0280. The smallest absolute Gasteiger partial charge is 0.335 e. The standard InChI is InChI=1S/C63H69N7O17S/c1-82-48-25-36-20-22-70(33-39(36)26-49(48)83-2,21-19-34-13-16-40(17-14-34)66-60(78)41-27-50(84-3)51(85-4)28-43(41)68-59(77)38-24-37-9-6-7-10-42(37)65-31-38)32-35-15-18-47(86-63-57(76)55(74)56(75)58(87-63)62(80)81)44(23-35)67-53(72)12-8-11-46(71)45(30-64)69-54(73)29-52(88-5)61(69)79/h6-7,9-10,13-18,23-28,31,45,52,55-58,63,74-76H,8,11-12,19-22,29-30,32-33,64H2,1-5H3,(H3-,66,67,68,72,77,78,80,81)/p+1/t45-,52?,55-,56-,57+,58-,63+,70?/m0/s1. The number of pyridine rings is 1. The molecule has 24 nitrogen and oxygen atoms in total.